The van der Waals surface area contributed by atoms with Crippen molar-refractivity contribution in [3.63, 3.8) is 0 Å². The number of nitrogens with zero attached hydrogens (tertiary/aromatic N) is 2. The summed E-state index contributed by atoms with van der Waals surface area (Å²) in [5.74, 6) is 0.194. The Morgan fingerprint density at radius 1 is 1.32 bits per heavy atom. The summed E-state index contributed by atoms with van der Waals surface area (Å²) in [6.07, 6.45) is 0.713. The average Bonchev–Trinajstić information content (AvgIpc) is 3.22. The molecule has 28 heavy (non-hydrogen) atoms. The molecule has 9 heteroatoms. The van der Waals surface area contributed by atoms with Gasteiger partial charge < -0.3 is 4.74 Å². The number of ether oxygens (including phenoxy) is 1. The van der Waals surface area contributed by atoms with Crippen LogP contribution in [-0.4, -0.2) is 34.3 Å². The Kier molecular flexibility index (Phi) is 7.33. The van der Waals surface area contributed by atoms with Crippen molar-refractivity contribution in [3.8, 4) is 0 Å². The van der Waals surface area contributed by atoms with Crippen LogP contribution in [0.5, 0.6) is 0 Å². The van der Waals surface area contributed by atoms with Crippen molar-refractivity contribution >= 4 is 62.0 Å². The lowest BCUT2D eigenvalue weighted by Gasteiger charge is -2.12. The molecule has 3 aromatic heterocycles. The lowest BCUT2D eigenvalue weighted by molar-refractivity contribution is 0.102. The predicted octanol–water partition coefficient (Wildman–Crippen LogP) is 5.19. The van der Waals surface area contributed by atoms with E-state index in [4.69, 9.17) is 21.3 Å². The summed E-state index contributed by atoms with van der Waals surface area (Å²) in [7, 11) is 0. The van der Waals surface area contributed by atoms with E-state index >= 15 is 0 Å². The van der Waals surface area contributed by atoms with E-state index < -0.39 is 0 Å². The number of thiophene rings is 2. The lowest BCUT2D eigenvalue weighted by Crippen LogP contribution is -2.24. The van der Waals surface area contributed by atoms with Crippen LogP contribution < -0.4 is 5.56 Å². The van der Waals surface area contributed by atoms with Gasteiger partial charge in [0.05, 0.1) is 20.4 Å². The van der Waals surface area contributed by atoms with Crippen molar-refractivity contribution in [2.45, 2.75) is 38.9 Å². The minimum Gasteiger partial charge on any atom is -0.382 e. The van der Waals surface area contributed by atoms with Gasteiger partial charge in [0, 0.05) is 24.6 Å². The first kappa shape index (κ1) is 21.5. The number of carbonyl (C=O) groups is 1. The fourth-order valence-electron chi connectivity index (χ4n) is 2.75. The molecule has 0 aromatic carbocycles. The Morgan fingerprint density at radius 3 is 2.79 bits per heavy atom. The van der Waals surface area contributed by atoms with Crippen molar-refractivity contribution in [3.05, 3.63) is 42.1 Å². The first-order chi connectivity index (χ1) is 13.4. The number of thioether (sulfide) groups is 1. The quantitative estimate of drug-likeness (QED) is 0.192. The highest BCUT2D eigenvalue weighted by molar-refractivity contribution is 7.99. The number of carbonyl (C=O) groups excluding carboxylic acids is 1. The van der Waals surface area contributed by atoms with E-state index in [1.165, 1.54) is 34.4 Å². The molecule has 0 N–H and O–H groups in total. The minimum absolute atomic E-state index is 0.0179. The zero-order valence-electron chi connectivity index (χ0n) is 15.9. The molecule has 3 aromatic rings. The fourth-order valence-corrected chi connectivity index (χ4v) is 5.80. The smallest absolute Gasteiger partial charge is 0.263 e. The monoisotopic (exact) mass is 456 g/mol. The molecule has 0 aliphatic heterocycles. The van der Waals surface area contributed by atoms with E-state index in [0.29, 0.717) is 45.9 Å². The maximum atomic E-state index is 13.1. The number of hydrogen-bond acceptors (Lipinski definition) is 7. The summed E-state index contributed by atoms with van der Waals surface area (Å²) in [6.45, 7) is 7.64. The Balaban J connectivity index is 1.89. The van der Waals surface area contributed by atoms with Crippen molar-refractivity contribution < 1.29 is 9.53 Å². The summed E-state index contributed by atoms with van der Waals surface area (Å²) >= 11 is 10.0. The lowest BCUT2D eigenvalue weighted by atomic mass is 10.2. The molecule has 0 saturated carbocycles. The third kappa shape index (κ3) is 4.68. The van der Waals surface area contributed by atoms with Crippen LogP contribution >= 0.6 is 46.0 Å². The zero-order valence-corrected chi connectivity index (χ0v) is 19.1. The van der Waals surface area contributed by atoms with Gasteiger partial charge in [0.15, 0.2) is 10.9 Å². The van der Waals surface area contributed by atoms with E-state index in [1.54, 1.807) is 16.7 Å². The van der Waals surface area contributed by atoms with Gasteiger partial charge in [-0.25, -0.2) is 4.98 Å². The second-order valence-electron chi connectivity index (χ2n) is 6.18. The molecule has 0 amide bonds. The molecule has 0 saturated heterocycles. The van der Waals surface area contributed by atoms with Gasteiger partial charge in [-0.15, -0.1) is 22.7 Å². The highest BCUT2D eigenvalue weighted by Gasteiger charge is 2.18. The zero-order chi connectivity index (χ0) is 20.3. The van der Waals surface area contributed by atoms with Crippen LogP contribution in [0, 0.1) is 13.8 Å². The summed E-state index contributed by atoms with van der Waals surface area (Å²) in [5.41, 5.74) is 0.939. The second kappa shape index (κ2) is 9.54. The van der Waals surface area contributed by atoms with Gasteiger partial charge in [-0.2, -0.15) is 0 Å². The third-order valence-electron chi connectivity index (χ3n) is 4.31. The molecular weight excluding hydrogens is 436 g/mol. The predicted molar refractivity (Wildman–Crippen MR) is 119 cm³/mol. The molecule has 0 aliphatic carbocycles. The average molecular weight is 457 g/mol. The van der Waals surface area contributed by atoms with E-state index in [2.05, 4.69) is 0 Å². The molecule has 0 fully saturated rings. The number of halogens is 1. The van der Waals surface area contributed by atoms with Gasteiger partial charge in [0.25, 0.3) is 5.56 Å². The SMILES string of the molecule is CCOCCCn1c(SCC(=O)c2ccc(Cl)s2)nc2sc(C)c(C)c2c1=O. The molecule has 3 heterocycles. The molecule has 0 spiro atoms. The fraction of sp³-hybridized carbons (Fsp3) is 0.421. The number of ketones is 1. The van der Waals surface area contributed by atoms with Gasteiger partial charge in [0.1, 0.15) is 4.83 Å². The topological polar surface area (TPSA) is 61.2 Å². The van der Waals surface area contributed by atoms with Crippen molar-refractivity contribution in [2.75, 3.05) is 19.0 Å². The molecule has 0 unspecified atom stereocenters. The van der Waals surface area contributed by atoms with Crippen molar-refractivity contribution in [2.24, 2.45) is 0 Å². The van der Waals surface area contributed by atoms with Crippen LogP contribution in [-0.2, 0) is 11.3 Å². The summed E-state index contributed by atoms with van der Waals surface area (Å²) < 4.78 is 7.67. The van der Waals surface area contributed by atoms with E-state index in [-0.39, 0.29) is 17.1 Å². The van der Waals surface area contributed by atoms with Crippen LogP contribution in [0.1, 0.15) is 33.5 Å². The number of aromatic nitrogens is 2. The van der Waals surface area contributed by atoms with E-state index in [1.807, 2.05) is 20.8 Å². The van der Waals surface area contributed by atoms with Gasteiger partial charge in [-0.05, 0) is 44.9 Å². The van der Waals surface area contributed by atoms with Crippen molar-refractivity contribution in [1.29, 1.82) is 0 Å². The number of hydrogen-bond donors (Lipinski definition) is 0. The van der Waals surface area contributed by atoms with Crippen LogP contribution in [0.15, 0.2) is 22.1 Å². The second-order valence-corrected chi connectivity index (χ2v) is 10.0. The molecule has 0 bridgehead atoms. The van der Waals surface area contributed by atoms with Crippen molar-refractivity contribution in [1.82, 2.24) is 9.55 Å². The molecule has 5 nitrogen and oxygen atoms in total. The maximum Gasteiger partial charge on any atom is 0.263 e. The number of aryl methyl sites for hydroxylation is 2. The number of Topliss-reactive ketones (excluding diaryl/α,β-unsaturated/α-hetero) is 1. The Hall–Kier alpha value is -1.19. The third-order valence-corrected chi connectivity index (χ3v) is 7.66. The number of rotatable bonds is 9. The number of fused-ring (bicyclic) bond motifs is 1. The normalized spacial score (nSPS) is 11.4. The molecule has 150 valence electrons. The minimum atomic E-state index is -0.0440. The molecule has 3 rings (SSSR count). The first-order valence-corrected chi connectivity index (χ1v) is 11.9. The largest absolute Gasteiger partial charge is 0.382 e. The highest BCUT2D eigenvalue weighted by Crippen LogP contribution is 2.29. The van der Waals surface area contributed by atoms with Crippen LogP contribution in [0.25, 0.3) is 10.2 Å². The molecule has 0 atom stereocenters. The molecule has 0 aliphatic rings. The Labute approximate surface area is 180 Å². The molecular formula is C19H21ClN2O3S3. The first-order valence-electron chi connectivity index (χ1n) is 8.92. The van der Waals surface area contributed by atoms with Crippen LogP contribution in [0.2, 0.25) is 4.34 Å². The van der Waals surface area contributed by atoms with E-state index in [9.17, 15) is 9.59 Å². The van der Waals surface area contributed by atoms with Crippen LogP contribution in [0.3, 0.4) is 0 Å². The Bertz CT molecular complexity index is 1050. The summed E-state index contributed by atoms with van der Waals surface area (Å²) in [5, 5.41) is 1.26. The van der Waals surface area contributed by atoms with E-state index in [0.717, 1.165) is 15.3 Å². The highest BCUT2D eigenvalue weighted by atomic mass is 35.5. The maximum absolute atomic E-state index is 13.1. The van der Waals surface area contributed by atoms with Gasteiger partial charge in [0.2, 0.25) is 0 Å². The summed E-state index contributed by atoms with van der Waals surface area (Å²) in [4.78, 5) is 32.7. The Morgan fingerprint density at radius 2 is 2.11 bits per heavy atom. The summed E-state index contributed by atoms with van der Waals surface area (Å²) in [6, 6.07) is 3.45. The van der Waals surface area contributed by atoms with Gasteiger partial charge in [-0.3, -0.25) is 14.2 Å². The standard InChI is InChI=1S/C19H21ClN2O3S3/c1-4-25-9-5-8-22-18(24)16-11(2)12(3)27-17(16)21-19(22)26-10-13(23)14-6-7-15(20)28-14/h6-7H,4-5,8-10H2,1-3H3. The van der Waals surface area contributed by atoms with Gasteiger partial charge >= 0.3 is 0 Å². The van der Waals surface area contributed by atoms with Crippen LogP contribution in [0.4, 0.5) is 0 Å². The van der Waals surface area contributed by atoms with Gasteiger partial charge in [-0.1, -0.05) is 23.4 Å². The molecule has 0 radical (unpaired) electrons.